The Bertz CT molecular complexity index is 642. The van der Waals surface area contributed by atoms with Crippen molar-refractivity contribution >= 4 is 22.9 Å². The zero-order valence-corrected chi connectivity index (χ0v) is 13.6. The molecule has 0 bridgehead atoms. The first kappa shape index (κ1) is 16.5. The molecule has 1 unspecified atom stereocenters. The van der Waals surface area contributed by atoms with Gasteiger partial charge < -0.3 is 10.8 Å². The minimum Gasteiger partial charge on any atom is -0.480 e. The maximum absolute atomic E-state index is 10.9. The zero-order valence-electron chi connectivity index (χ0n) is 12.8. The summed E-state index contributed by atoms with van der Waals surface area (Å²) in [5, 5.41) is 13.0. The highest BCUT2D eigenvalue weighted by atomic mass is 32.1. The Labute approximate surface area is 135 Å². The Morgan fingerprint density at radius 2 is 1.91 bits per heavy atom. The third-order valence-corrected chi connectivity index (χ3v) is 4.30. The summed E-state index contributed by atoms with van der Waals surface area (Å²) < 4.78 is 0. The summed E-state index contributed by atoms with van der Waals surface area (Å²) >= 11 is 1.62. The highest BCUT2D eigenvalue weighted by Gasteiger charge is 2.12. The zero-order chi connectivity index (χ0) is 16.1. The maximum atomic E-state index is 10.9. The number of carboxylic acids is 1. The first-order valence-corrected chi connectivity index (χ1v) is 8.24. The van der Waals surface area contributed by atoms with Crippen molar-refractivity contribution in [1.82, 2.24) is 0 Å². The van der Waals surface area contributed by atoms with E-state index >= 15 is 0 Å². The summed E-state index contributed by atoms with van der Waals surface area (Å²) in [4.78, 5) is 10.9. The molecule has 4 heteroatoms. The van der Waals surface area contributed by atoms with Crippen molar-refractivity contribution in [1.29, 1.82) is 0 Å². The van der Waals surface area contributed by atoms with Crippen molar-refractivity contribution in [2.75, 3.05) is 0 Å². The molecular formula is C18H21NO2S. The Kier molecular flexibility index (Phi) is 5.52. The van der Waals surface area contributed by atoms with E-state index in [0.29, 0.717) is 12.3 Å². The first-order valence-electron chi connectivity index (χ1n) is 7.30. The SMILES string of the molecule is CC(C)c1ccc(/C(=C\CC(N)C(=O)O)c2ccsc2)cc1. The Morgan fingerprint density at radius 1 is 1.23 bits per heavy atom. The summed E-state index contributed by atoms with van der Waals surface area (Å²) in [6, 6.07) is 9.59. The van der Waals surface area contributed by atoms with Gasteiger partial charge in [-0.2, -0.15) is 11.3 Å². The molecule has 1 heterocycles. The van der Waals surface area contributed by atoms with Gasteiger partial charge in [0.05, 0.1) is 0 Å². The maximum Gasteiger partial charge on any atom is 0.320 e. The fraction of sp³-hybridized carbons (Fsp3) is 0.278. The molecule has 0 fully saturated rings. The lowest BCUT2D eigenvalue weighted by Gasteiger charge is -2.11. The van der Waals surface area contributed by atoms with Crippen LogP contribution < -0.4 is 5.73 Å². The molecule has 1 aromatic heterocycles. The van der Waals surface area contributed by atoms with Crippen LogP contribution in [0.1, 0.15) is 42.9 Å². The number of hydrogen-bond acceptors (Lipinski definition) is 3. The van der Waals surface area contributed by atoms with E-state index in [2.05, 4.69) is 43.5 Å². The van der Waals surface area contributed by atoms with E-state index < -0.39 is 12.0 Å². The standard InChI is InChI=1S/C18H21NO2S/c1-12(2)13-3-5-14(6-4-13)16(15-9-10-22-11-15)7-8-17(19)18(20)21/h3-7,9-12,17H,8,19H2,1-2H3,(H,20,21)/b16-7+. The van der Waals surface area contributed by atoms with Gasteiger partial charge in [0.25, 0.3) is 0 Å². The minimum absolute atomic E-state index is 0.312. The molecule has 0 aliphatic carbocycles. The number of aliphatic carboxylic acids is 1. The summed E-state index contributed by atoms with van der Waals surface area (Å²) in [5.41, 5.74) is 10.1. The predicted molar refractivity (Wildman–Crippen MR) is 92.2 cm³/mol. The molecule has 0 radical (unpaired) electrons. The molecule has 1 aromatic carbocycles. The van der Waals surface area contributed by atoms with E-state index in [9.17, 15) is 4.79 Å². The highest BCUT2D eigenvalue weighted by molar-refractivity contribution is 7.08. The van der Waals surface area contributed by atoms with Gasteiger partial charge in [0.2, 0.25) is 0 Å². The van der Waals surface area contributed by atoms with Crippen LogP contribution in [0, 0.1) is 0 Å². The van der Waals surface area contributed by atoms with Crippen LogP contribution in [-0.4, -0.2) is 17.1 Å². The lowest BCUT2D eigenvalue weighted by atomic mass is 9.95. The molecule has 3 nitrogen and oxygen atoms in total. The van der Waals surface area contributed by atoms with Crippen molar-refractivity contribution in [2.45, 2.75) is 32.2 Å². The molecule has 0 amide bonds. The minimum atomic E-state index is -0.976. The van der Waals surface area contributed by atoms with Gasteiger partial charge in [0.1, 0.15) is 6.04 Å². The number of rotatable bonds is 6. The second-order valence-corrected chi connectivity index (χ2v) is 6.37. The summed E-state index contributed by atoms with van der Waals surface area (Å²) in [6.07, 6.45) is 2.23. The van der Waals surface area contributed by atoms with Gasteiger partial charge in [-0.15, -0.1) is 0 Å². The topological polar surface area (TPSA) is 63.3 Å². The van der Waals surface area contributed by atoms with E-state index in [4.69, 9.17) is 10.8 Å². The van der Waals surface area contributed by atoms with Crippen molar-refractivity contribution in [3.05, 3.63) is 63.9 Å². The van der Waals surface area contributed by atoms with Crippen LogP contribution in [-0.2, 0) is 4.79 Å². The van der Waals surface area contributed by atoms with Crippen molar-refractivity contribution in [3.63, 3.8) is 0 Å². The molecule has 0 saturated heterocycles. The van der Waals surface area contributed by atoms with Gasteiger partial charge >= 0.3 is 5.97 Å². The van der Waals surface area contributed by atoms with E-state index in [0.717, 1.165) is 16.7 Å². The smallest absolute Gasteiger partial charge is 0.320 e. The van der Waals surface area contributed by atoms with Crippen LogP contribution in [0.4, 0.5) is 0 Å². The molecule has 0 aliphatic rings. The number of benzene rings is 1. The van der Waals surface area contributed by atoms with Crippen molar-refractivity contribution in [3.8, 4) is 0 Å². The van der Waals surface area contributed by atoms with E-state index in [1.807, 2.05) is 17.5 Å². The monoisotopic (exact) mass is 315 g/mol. The summed E-state index contributed by atoms with van der Waals surface area (Å²) in [6.45, 7) is 4.33. The van der Waals surface area contributed by atoms with Gasteiger partial charge in [-0.1, -0.05) is 44.2 Å². The number of carbonyl (C=O) groups is 1. The van der Waals surface area contributed by atoms with Gasteiger partial charge in [-0.25, -0.2) is 0 Å². The number of nitrogens with two attached hydrogens (primary N) is 1. The van der Waals surface area contributed by atoms with E-state index in [1.165, 1.54) is 5.56 Å². The van der Waals surface area contributed by atoms with Crippen LogP contribution in [0.3, 0.4) is 0 Å². The van der Waals surface area contributed by atoms with Crippen LogP contribution in [0.15, 0.2) is 47.2 Å². The van der Waals surface area contributed by atoms with Crippen LogP contribution >= 0.6 is 11.3 Å². The molecule has 116 valence electrons. The number of thiophene rings is 1. The average Bonchev–Trinajstić information content (AvgIpc) is 3.01. The number of carboxylic acid groups (broad SMARTS) is 1. The third-order valence-electron chi connectivity index (χ3n) is 3.61. The van der Waals surface area contributed by atoms with Crippen molar-refractivity contribution in [2.24, 2.45) is 5.73 Å². The normalized spacial score (nSPS) is 13.4. The summed E-state index contributed by atoms with van der Waals surface area (Å²) in [5.74, 6) is -0.487. The number of hydrogen-bond donors (Lipinski definition) is 2. The second kappa shape index (κ2) is 7.38. The Balaban J connectivity index is 2.32. The molecular weight excluding hydrogens is 294 g/mol. The molecule has 1 atom stereocenters. The molecule has 0 aliphatic heterocycles. The molecule has 0 spiro atoms. The highest BCUT2D eigenvalue weighted by Crippen LogP contribution is 2.27. The Hall–Kier alpha value is -1.91. The second-order valence-electron chi connectivity index (χ2n) is 5.59. The van der Waals surface area contributed by atoms with E-state index in [1.54, 1.807) is 11.3 Å². The fourth-order valence-electron chi connectivity index (χ4n) is 2.21. The average molecular weight is 315 g/mol. The molecule has 22 heavy (non-hydrogen) atoms. The quantitative estimate of drug-likeness (QED) is 0.843. The molecule has 2 aromatic rings. The molecule has 2 rings (SSSR count). The van der Waals surface area contributed by atoms with Gasteiger partial charge in [0.15, 0.2) is 0 Å². The lowest BCUT2D eigenvalue weighted by Crippen LogP contribution is -2.29. The third kappa shape index (κ3) is 4.06. The van der Waals surface area contributed by atoms with Gasteiger partial charge in [-0.05, 0) is 51.4 Å². The van der Waals surface area contributed by atoms with Crippen LogP contribution in [0.5, 0.6) is 0 Å². The van der Waals surface area contributed by atoms with Gasteiger partial charge in [-0.3, -0.25) is 4.79 Å². The van der Waals surface area contributed by atoms with Gasteiger partial charge in [0, 0.05) is 0 Å². The summed E-state index contributed by atoms with van der Waals surface area (Å²) in [7, 11) is 0. The largest absolute Gasteiger partial charge is 0.480 e. The lowest BCUT2D eigenvalue weighted by molar-refractivity contribution is -0.138. The van der Waals surface area contributed by atoms with E-state index in [-0.39, 0.29) is 0 Å². The molecule has 3 N–H and O–H groups in total. The fourth-order valence-corrected chi connectivity index (χ4v) is 2.87. The van der Waals surface area contributed by atoms with Crippen molar-refractivity contribution < 1.29 is 9.90 Å². The Morgan fingerprint density at radius 3 is 2.41 bits per heavy atom. The van der Waals surface area contributed by atoms with Crippen LogP contribution in [0.25, 0.3) is 5.57 Å². The van der Waals surface area contributed by atoms with Crippen LogP contribution in [0.2, 0.25) is 0 Å². The molecule has 0 saturated carbocycles. The predicted octanol–water partition coefficient (Wildman–Crippen LogP) is 4.11. The first-order chi connectivity index (χ1) is 10.5.